The van der Waals surface area contributed by atoms with Gasteiger partial charge < -0.3 is 14.2 Å². The zero-order chi connectivity index (χ0) is 19.3. The van der Waals surface area contributed by atoms with Gasteiger partial charge in [-0.25, -0.2) is 0 Å². The van der Waals surface area contributed by atoms with Crippen LogP contribution in [-0.2, 0) is 16.1 Å². The second kappa shape index (κ2) is 7.31. The van der Waals surface area contributed by atoms with Crippen molar-refractivity contribution in [2.24, 2.45) is 5.92 Å². The molecule has 3 fully saturated rings. The van der Waals surface area contributed by atoms with Crippen molar-refractivity contribution in [2.45, 2.75) is 37.8 Å². The fourth-order valence-corrected chi connectivity index (χ4v) is 6.13. The maximum absolute atomic E-state index is 12.9. The number of thiocarbonyl (C=S) groups is 1. The normalized spacial score (nSPS) is 31.0. The molecule has 3 saturated heterocycles. The lowest BCUT2D eigenvalue weighted by atomic mass is 9.83. The molecule has 5 rings (SSSR count). The fraction of sp³-hybridized carbons (Fsp3) is 0.550. The van der Waals surface area contributed by atoms with Gasteiger partial charge in [-0.15, -0.1) is 0 Å². The van der Waals surface area contributed by atoms with Crippen molar-refractivity contribution in [2.75, 3.05) is 26.2 Å². The average Bonchev–Trinajstić information content (AvgIpc) is 3.27. The molecule has 4 aliphatic rings. The van der Waals surface area contributed by atoms with E-state index in [1.165, 1.54) is 11.8 Å². The van der Waals surface area contributed by atoms with E-state index < -0.39 is 0 Å². The predicted octanol–water partition coefficient (Wildman–Crippen LogP) is 2.15. The third-order valence-corrected chi connectivity index (χ3v) is 7.46. The quantitative estimate of drug-likeness (QED) is 0.555. The highest BCUT2D eigenvalue weighted by atomic mass is 32.2. The number of carbonyl (C=O) groups excluding carboxylic acids is 1. The molecular formula is C20H23N3O3S2. The highest BCUT2D eigenvalue weighted by Crippen LogP contribution is 2.37. The van der Waals surface area contributed by atoms with Crippen LogP contribution in [0.2, 0.25) is 0 Å². The molecule has 0 aromatic carbocycles. The molecule has 0 unspecified atom stereocenters. The maximum Gasteiger partial charge on any atom is 0.267 e. The number of fused-ring (bicyclic) bond motifs is 4. The number of piperidine rings is 1. The summed E-state index contributed by atoms with van der Waals surface area (Å²) in [7, 11) is 0. The zero-order valence-corrected chi connectivity index (χ0v) is 17.2. The van der Waals surface area contributed by atoms with Gasteiger partial charge >= 0.3 is 0 Å². The molecule has 0 N–H and O–H groups in total. The van der Waals surface area contributed by atoms with Crippen molar-refractivity contribution in [1.82, 2.24) is 14.4 Å². The van der Waals surface area contributed by atoms with Crippen LogP contribution in [0.15, 0.2) is 34.1 Å². The first kappa shape index (κ1) is 18.4. The second-order valence-electron chi connectivity index (χ2n) is 8.06. The third kappa shape index (κ3) is 3.31. The summed E-state index contributed by atoms with van der Waals surface area (Å²) >= 11 is 6.85. The van der Waals surface area contributed by atoms with Crippen molar-refractivity contribution in [3.05, 3.63) is 45.4 Å². The first-order valence-electron chi connectivity index (χ1n) is 9.89. The van der Waals surface area contributed by atoms with Crippen LogP contribution >= 0.6 is 24.0 Å². The summed E-state index contributed by atoms with van der Waals surface area (Å²) in [6, 6.07) is 5.55. The van der Waals surface area contributed by atoms with Gasteiger partial charge in [-0.1, -0.05) is 30.0 Å². The first-order valence-corrected chi connectivity index (χ1v) is 11.1. The topological polar surface area (TPSA) is 54.8 Å². The Balaban J connectivity index is 1.32. The summed E-state index contributed by atoms with van der Waals surface area (Å²) in [5, 5.41) is 0. The van der Waals surface area contributed by atoms with E-state index in [0.29, 0.717) is 27.6 Å². The Morgan fingerprint density at radius 2 is 2.14 bits per heavy atom. The summed E-state index contributed by atoms with van der Waals surface area (Å²) in [6.07, 6.45) is 5.24. The molecule has 2 bridgehead atoms. The van der Waals surface area contributed by atoms with E-state index in [2.05, 4.69) is 11.0 Å². The molecule has 4 aliphatic heterocycles. The van der Waals surface area contributed by atoms with Gasteiger partial charge in [-0.05, 0) is 31.2 Å². The largest absolute Gasteiger partial charge is 0.376 e. The van der Waals surface area contributed by atoms with Gasteiger partial charge in [0, 0.05) is 50.1 Å². The highest BCUT2D eigenvalue weighted by Gasteiger charge is 2.37. The number of nitrogens with zero attached hydrogens (tertiary/aromatic N) is 3. The van der Waals surface area contributed by atoms with Crippen molar-refractivity contribution in [1.29, 1.82) is 0 Å². The van der Waals surface area contributed by atoms with Gasteiger partial charge in [0.2, 0.25) is 0 Å². The van der Waals surface area contributed by atoms with Crippen molar-refractivity contribution < 1.29 is 9.53 Å². The number of thioether (sulfide) groups is 1. The first-order chi connectivity index (χ1) is 13.6. The monoisotopic (exact) mass is 417 g/mol. The van der Waals surface area contributed by atoms with E-state index in [1.807, 2.05) is 16.8 Å². The number of hydrogen-bond donors (Lipinski definition) is 0. The Bertz CT molecular complexity index is 906. The van der Waals surface area contributed by atoms with Gasteiger partial charge in [-0.2, -0.15) is 0 Å². The molecule has 5 heterocycles. The van der Waals surface area contributed by atoms with Gasteiger partial charge in [0.25, 0.3) is 11.5 Å². The Labute approximate surface area is 173 Å². The minimum absolute atomic E-state index is 0.00199. The van der Waals surface area contributed by atoms with E-state index in [4.69, 9.17) is 17.0 Å². The number of pyridine rings is 1. The molecule has 1 aromatic heterocycles. The fourth-order valence-electron chi connectivity index (χ4n) is 4.84. The lowest BCUT2D eigenvalue weighted by Gasteiger charge is -2.42. The molecule has 3 atom stereocenters. The van der Waals surface area contributed by atoms with Crippen LogP contribution in [0, 0.1) is 5.92 Å². The standard InChI is InChI=1S/C20H23N3O3S2/c24-18-5-1-4-16-14-7-13(9-22(16)18)8-21(10-14)12-17-19(25)23(20(27)28-17)11-15-3-2-6-26-15/h1,4-5,12-15H,2-3,6-11H2/t13-,14-,15+/m0/s1. The van der Waals surface area contributed by atoms with Crippen LogP contribution in [-0.4, -0.2) is 56.9 Å². The van der Waals surface area contributed by atoms with E-state index >= 15 is 0 Å². The van der Waals surface area contributed by atoms with Crippen LogP contribution in [0.3, 0.4) is 0 Å². The van der Waals surface area contributed by atoms with Crippen LogP contribution < -0.4 is 5.56 Å². The Hall–Kier alpha value is -1.64. The highest BCUT2D eigenvalue weighted by molar-refractivity contribution is 8.26. The lowest BCUT2D eigenvalue weighted by Crippen LogP contribution is -2.45. The van der Waals surface area contributed by atoms with Gasteiger partial charge in [-0.3, -0.25) is 14.5 Å². The van der Waals surface area contributed by atoms with E-state index in [1.54, 1.807) is 11.0 Å². The van der Waals surface area contributed by atoms with Gasteiger partial charge in [0.1, 0.15) is 4.32 Å². The van der Waals surface area contributed by atoms with Crippen LogP contribution in [0.1, 0.15) is 30.9 Å². The molecule has 8 heteroatoms. The third-order valence-electron chi connectivity index (χ3n) is 6.09. The molecule has 0 radical (unpaired) electrons. The van der Waals surface area contributed by atoms with E-state index in [-0.39, 0.29) is 17.6 Å². The number of rotatable bonds is 3. The molecule has 0 spiro atoms. The van der Waals surface area contributed by atoms with E-state index in [9.17, 15) is 9.59 Å². The summed E-state index contributed by atoms with van der Waals surface area (Å²) in [5.41, 5.74) is 1.21. The van der Waals surface area contributed by atoms with Crippen molar-refractivity contribution >= 4 is 34.2 Å². The Kier molecular flexibility index (Phi) is 4.80. The summed E-state index contributed by atoms with van der Waals surface area (Å²) in [5.74, 6) is 0.757. The smallest absolute Gasteiger partial charge is 0.267 e. The van der Waals surface area contributed by atoms with Gasteiger partial charge in [0.05, 0.1) is 17.6 Å². The number of ether oxygens (including phenoxy) is 1. The molecule has 148 valence electrons. The minimum Gasteiger partial charge on any atom is -0.376 e. The molecular weight excluding hydrogens is 394 g/mol. The number of likely N-dealkylation sites (tertiary alicyclic amines) is 1. The SMILES string of the molecule is O=C1C(=CN2C[C@@H]3C[C@@H](C2)c2cccc(=O)n2C3)SC(=S)N1C[C@H]1CCCO1. The molecule has 0 aliphatic carbocycles. The average molecular weight is 418 g/mol. The second-order valence-corrected chi connectivity index (χ2v) is 9.74. The molecule has 6 nitrogen and oxygen atoms in total. The molecule has 1 aromatic rings. The summed E-state index contributed by atoms with van der Waals surface area (Å²) in [4.78, 5) is 29.7. The lowest BCUT2D eigenvalue weighted by molar-refractivity contribution is -0.123. The molecule has 0 saturated carbocycles. The zero-order valence-electron chi connectivity index (χ0n) is 15.6. The van der Waals surface area contributed by atoms with Crippen LogP contribution in [0.4, 0.5) is 0 Å². The Morgan fingerprint density at radius 1 is 1.25 bits per heavy atom. The molecule has 28 heavy (non-hydrogen) atoms. The summed E-state index contributed by atoms with van der Waals surface area (Å²) < 4.78 is 8.22. The van der Waals surface area contributed by atoms with E-state index in [0.717, 1.165) is 51.2 Å². The number of amides is 1. The minimum atomic E-state index is -0.00199. The van der Waals surface area contributed by atoms with Gasteiger partial charge in [0.15, 0.2) is 0 Å². The Morgan fingerprint density at radius 3 is 2.96 bits per heavy atom. The summed E-state index contributed by atoms with van der Waals surface area (Å²) in [6.45, 7) is 3.79. The molecule has 1 amide bonds. The van der Waals surface area contributed by atoms with Crippen LogP contribution in [0.5, 0.6) is 0 Å². The number of aromatic nitrogens is 1. The predicted molar refractivity (Wildman–Crippen MR) is 112 cm³/mol. The van der Waals surface area contributed by atoms with Crippen molar-refractivity contribution in [3.8, 4) is 0 Å². The maximum atomic E-state index is 12.9. The van der Waals surface area contributed by atoms with Crippen molar-refractivity contribution in [3.63, 3.8) is 0 Å². The number of hydrogen-bond acceptors (Lipinski definition) is 6. The van der Waals surface area contributed by atoms with Crippen LogP contribution in [0.25, 0.3) is 0 Å². The number of carbonyl (C=O) groups is 1.